The Morgan fingerprint density at radius 1 is 0.451 bits per heavy atom. The Bertz CT molecular complexity index is 2260. The van der Waals surface area contributed by atoms with Crippen LogP contribution in [0.1, 0.15) is 79.0 Å². The van der Waals surface area contributed by atoms with Crippen LogP contribution >= 0.6 is 0 Å². The molecule has 1 aromatic heterocycles. The number of hydrogen-bond acceptors (Lipinski definition) is 3. The summed E-state index contributed by atoms with van der Waals surface area (Å²) in [5, 5.41) is 6.10. The Hall–Kier alpha value is -5.28. The fourth-order valence-electron chi connectivity index (χ4n) is 6.85. The van der Waals surface area contributed by atoms with Crippen molar-refractivity contribution in [3.8, 4) is 11.1 Å². The molecule has 0 saturated heterocycles. The molecule has 258 valence electrons. The fraction of sp³-hybridized carbons (Fsp3) is 0.250. The number of furan rings is 1. The van der Waals surface area contributed by atoms with Gasteiger partial charge in [-0.05, 0) is 93.6 Å². The van der Waals surface area contributed by atoms with Gasteiger partial charge in [-0.15, -0.1) is 0 Å². The Labute approximate surface area is 304 Å². The predicted octanol–water partition coefficient (Wildman–Crippen LogP) is 14.4. The molecular weight excluding hydrogens is 621 g/mol. The molecule has 0 atom stereocenters. The van der Waals surface area contributed by atoms with E-state index < -0.39 is 0 Å². The van der Waals surface area contributed by atoms with Gasteiger partial charge in [0.15, 0.2) is 0 Å². The Morgan fingerprint density at radius 3 is 1.61 bits per heavy atom. The van der Waals surface area contributed by atoms with Crippen LogP contribution in [-0.4, -0.2) is 0 Å². The molecule has 0 saturated carbocycles. The Morgan fingerprint density at radius 2 is 1.00 bits per heavy atom. The van der Waals surface area contributed by atoms with Gasteiger partial charge in [0.05, 0.1) is 0 Å². The molecule has 0 aliphatic heterocycles. The molecule has 3 nitrogen and oxygen atoms in total. The van der Waals surface area contributed by atoms with Gasteiger partial charge in [-0.25, -0.2) is 0 Å². The molecule has 0 aliphatic carbocycles. The second kappa shape index (κ2) is 12.8. The summed E-state index contributed by atoms with van der Waals surface area (Å²) < 4.78 is 6.54. The molecule has 0 bridgehead atoms. The van der Waals surface area contributed by atoms with Gasteiger partial charge < -0.3 is 14.6 Å². The van der Waals surface area contributed by atoms with Gasteiger partial charge in [0, 0.05) is 50.3 Å². The third kappa shape index (κ3) is 6.90. The maximum atomic E-state index is 6.54. The van der Waals surface area contributed by atoms with Gasteiger partial charge in [-0.2, -0.15) is 0 Å². The van der Waals surface area contributed by atoms with Crippen molar-refractivity contribution in [2.45, 2.75) is 78.6 Å². The average Bonchev–Trinajstić information content (AvgIpc) is 3.47. The van der Waals surface area contributed by atoms with Crippen molar-refractivity contribution in [3.63, 3.8) is 0 Å². The molecule has 0 amide bonds. The van der Waals surface area contributed by atoms with Crippen molar-refractivity contribution in [1.29, 1.82) is 0 Å². The lowest BCUT2D eigenvalue weighted by Crippen LogP contribution is -2.14. The molecule has 0 spiro atoms. The zero-order valence-corrected chi connectivity index (χ0v) is 31.6. The maximum Gasteiger partial charge on any atom is 0.143 e. The highest BCUT2D eigenvalue weighted by Crippen LogP contribution is 2.42. The summed E-state index contributed by atoms with van der Waals surface area (Å²) in [6.07, 6.45) is 0. The van der Waals surface area contributed by atoms with E-state index in [0.29, 0.717) is 0 Å². The number of nitrogens with one attached hydrogen (secondary N) is 1. The summed E-state index contributed by atoms with van der Waals surface area (Å²) in [6.45, 7) is 20.4. The molecule has 1 N–H and O–H groups in total. The first-order valence-electron chi connectivity index (χ1n) is 18.1. The lowest BCUT2D eigenvalue weighted by atomic mass is 9.84. The number of benzene rings is 6. The molecular formula is C48H50N2O. The van der Waals surface area contributed by atoms with Crippen molar-refractivity contribution in [2.75, 3.05) is 10.2 Å². The Balaban J connectivity index is 1.33. The summed E-state index contributed by atoms with van der Waals surface area (Å²) in [4.78, 5) is 2.35. The quantitative estimate of drug-likeness (QED) is 0.191. The molecule has 6 aromatic carbocycles. The Kier molecular flexibility index (Phi) is 8.58. The molecule has 3 heteroatoms. The minimum Gasteiger partial charge on any atom is -0.455 e. The predicted molar refractivity (Wildman–Crippen MR) is 220 cm³/mol. The molecule has 0 fully saturated rings. The highest BCUT2D eigenvalue weighted by molar-refractivity contribution is 6.10. The molecule has 0 unspecified atom stereocenters. The van der Waals surface area contributed by atoms with E-state index in [1.54, 1.807) is 0 Å². The first-order valence-corrected chi connectivity index (χ1v) is 18.1. The number of nitrogens with zero attached hydrogens (tertiary/aromatic N) is 1. The van der Waals surface area contributed by atoms with Crippen LogP contribution in [-0.2, 0) is 16.2 Å². The normalized spacial score (nSPS) is 12.4. The first-order chi connectivity index (χ1) is 24.2. The van der Waals surface area contributed by atoms with Gasteiger partial charge in [0.2, 0.25) is 0 Å². The zero-order valence-electron chi connectivity index (χ0n) is 31.6. The minimum atomic E-state index is -0.0133. The van der Waals surface area contributed by atoms with E-state index in [-0.39, 0.29) is 16.2 Å². The van der Waals surface area contributed by atoms with Crippen LogP contribution in [0.5, 0.6) is 0 Å². The maximum absolute atomic E-state index is 6.54. The number of fused-ring (bicyclic) bond motifs is 3. The number of para-hydroxylation sites is 2. The number of anilines is 5. The van der Waals surface area contributed by atoms with Gasteiger partial charge in [0.1, 0.15) is 11.2 Å². The van der Waals surface area contributed by atoms with Crippen molar-refractivity contribution in [2.24, 2.45) is 0 Å². The van der Waals surface area contributed by atoms with Crippen molar-refractivity contribution in [1.82, 2.24) is 0 Å². The smallest absolute Gasteiger partial charge is 0.143 e. The molecule has 1 heterocycles. The standard InChI is InChI=1S/C48H50N2O/c1-46(2,3)32-20-25-36(26-21-32)50(37-27-22-33(23-28-37)47(4,5)6)38-15-12-14-35(31-38)49-43-29-24-34(48(7,8)9)30-42(43)41-18-13-17-40-39-16-10-11-19-44(39)51-45(40)41/h10-31,49H,1-9H3. The van der Waals surface area contributed by atoms with Crippen LogP contribution in [0.15, 0.2) is 138 Å². The summed E-state index contributed by atoms with van der Waals surface area (Å²) in [5.74, 6) is 0. The van der Waals surface area contributed by atoms with E-state index in [0.717, 1.165) is 61.5 Å². The third-order valence-electron chi connectivity index (χ3n) is 9.95. The van der Waals surface area contributed by atoms with Gasteiger partial charge in [0.25, 0.3) is 0 Å². The van der Waals surface area contributed by atoms with Crippen LogP contribution < -0.4 is 10.2 Å². The molecule has 0 aliphatic rings. The SMILES string of the molecule is CC(C)(C)c1ccc(N(c2ccc(C(C)(C)C)cc2)c2cccc(Nc3ccc(C(C)(C)C)cc3-c3cccc4c3oc3ccccc34)c2)cc1. The first kappa shape index (κ1) is 34.2. The van der Waals surface area contributed by atoms with E-state index in [4.69, 9.17) is 4.42 Å². The van der Waals surface area contributed by atoms with E-state index >= 15 is 0 Å². The molecule has 51 heavy (non-hydrogen) atoms. The van der Waals surface area contributed by atoms with Crippen molar-refractivity contribution >= 4 is 50.4 Å². The lowest BCUT2D eigenvalue weighted by molar-refractivity contribution is 0.590. The van der Waals surface area contributed by atoms with E-state index in [2.05, 4.69) is 200 Å². The summed E-state index contributed by atoms with van der Waals surface area (Å²) >= 11 is 0. The average molecular weight is 671 g/mol. The van der Waals surface area contributed by atoms with E-state index in [1.165, 1.54) is 16.7 Å². The van der Waals surface area contributed by atoms with E-state index in [1.807, 2.05) is 6.07 Å². The van der Waals surface area contributed by atoms with Crippen molar-refractivity contribution < 1.29 is 4.42 Å². The lowest BCUT2D eigenvalue weighted by Gasteiger charge is -2.28. The highest BCUT2D eigenvalue weighted by atomic mass is 16.3. The van der Waals surface area contributed by atoms with Gasteiger partial charge in [-0.3, -0.25) is 0 Å². The highest BCUT2D eigenvalue weighted by Gasteiger charge is 2.21. The van der Waals surface area contributed by atoms with Gasteiger partial charge in [-0.1, -0.05) is 135 Å². The van der Waals surface area contributed by atoms with Crippen LogP contribution in [0.3, 0.4) is 0 Å². The number of hydrogen-bond donors (Lipinski definition) is 1. The fourth-order valence-corrected chi connectivity index (χ4v) is 6.85. The van der Waals surface area contributed by atoms with Crippen LogP contribution in [0.4, 0.5) is 28.4 Å². The topological polar surface area (TPSA) is 28.4 Å². The second-order valence-corrected chi connectivity index (χ2v) is 16.9. The monoisotopic (exact) mass is 670 g/mol. The molecule has 0 radical (unpaired) electrons. The summed E-state index contributed by atoms with van der Waals surface area (Å²) in [6, 6.07) is 48.3. The number of rotatable bonds is 6. The molecule has 7 aromatic rings. The largest absolute Gasteiger partial charge is 0.455 e. The summed E-state index contributed by atoms with van der Waals surface area (Å²) in [5.41, 5.74) is 13.4. The van der Waals surface area contributed by atoms with Crippen molar-refractivity contribution in [3.05, 3.63) is 150 Å². The van der Waals surface area contributed by atoms with Crippen LogP contribution in [0.25, 0.3) is 33.1 Å². The summed E-state index contributed by atoms with van der Waals surface area (Å²) in [7, 11) is 0. The van der Waals surface area contributed by atoms with Gasteiger partial charge >= 0.3 is 0 Å². The zero-order chi connectivity index (χ0) is 36.1. The third-order valence-corrected chi connectivity index (χ3v) is 9.95. The molecule has 7 rings (SSSR count). The minimum absolute atomic E-state index is 0.0133. The van der Waals surface area contributed by atoms with Crippen LogP contribution in [0.2, 0.25) is 0 Å². The van der Waals surface area contributed by atoms with E-state index in [9.17, 15) is 0 Å². The van der Waals surface area contributed by atoms with Crippen LogP contribution in [0, 0.1) is 0 Å². The second-order valence-electron chi connectivity index (χ2n) is 16.9.